The molecule has 0 spiro atoms. The summed E-state index contributed by atoms with van der Waals surface area (Å²) in [6.45, 7) is 17.4. The number of carbonyl (C=O) groups is 4. The zero-order valence-electron chi connectivity index (χ0n) is 27.0. The maximum absolute atomic E-state index is 14.1. The molecule has 0 bridgehead atoms. The standard InChI is InChI=1S/C34H53N3O5/c1-9-36(10-2)29(38)19-24-18-22(31(40)41)17-23-11-12-25-26-13-14-28(33(26,7)16-15-27(25)34(23,24)8)30(39)37(21(5)6)32(42)35-20(3)4/h11,17,20-21,24-28H,9-10,12-16,18-19H2,1-8H3,(H,35,42)(H,40,41)/t24?,25-,26-,27-,28+,33-,34+/m0/s1. The molecule has 4 amide bonds. The first-order valence-corrected chi connectivity index (χ1v) is 16.3. The van der Waals surface area contributed by atoms with E-state index >= 15 is 0 Å². The number of allylic oxidation sites excluding steroid dienone is 3. The van der Waals surface area contributed by atoms with Gasteiger partial charge in [0.15, 0.2) is 0 Å². The van der Waals surface area contributed by atoms with Gasteiger partial charge in [0.1, 0.15) is 0 Å². The maximum atomic E-state index is 14.1. The van der Waals surface area contributed by atoms with Crippen molar-refractivity contribution >= 4 is 23.8 Å². The second kappa shape index (κ2) is 12.2. The Labute approximate surface area is 252 Å². The summed E-state index contributed by atoms with van der Waals surface area (Å²) < 4.78 is 0. The van der Waals surface area contributed by atoms with E-state index in [4.69, 9.17) is 0 Å². The second-order valence-corrected chi connectivity index (χ2v) is 14.3. The minimum absolute atomic E-state index is 0.0504. The van der Waals surface area contributed by atoms with Gasteiger partial charge in [0, 0.05) is 43.1 Å². The van der Waals surface area contributed by atoms with Crippen LogP contribution < -0.4 is 5.32 Å². The van der Waals surface area contributed by atoms with E-state index < -0.39 is 5.97 Å². The Kier molecular flexibility index (Phi) is 9.34. The molecule has 2 fully saturated rings. The molecule has 0 saturated heterocycles. The van der Waals surface area contributed by atoms with Crippen LogP contribution in [0.15, 0.2) is 23.3 Å². The van der Waals surface area contributed by atoms with Gasteiger partial charge >= 0.3 is 12.0 Å². The molecule has 0 radical (unpaired) electrons. The summed E-state index contributed by atoms with van der Waals surface area (Å²) in [4.78, 5) is 56.0. The number of amides is 4. The largest absolute Gasteiger partial charge is 0.478 e. The van der Waals surface area contributed by atoms with Crippen molar-refractivity contribution in [1.82, 2.24) is 15.1 Å². The molecule has 42 heavy (non-hydrogen) atoms. The van der Waals surface area contributed by atoms with Crippen molar-refractivity contribution in [2.24, 2.45) is 40.4 Å². The Bertz CT molecular complexity index is 1150. The molecule has 4 aliphatic carbocycles. The summed E-state index contributed by atoms with van der Waals surface area (Å²) in [5, 5.41) is 12.9. The number of imide groups is 1. The number of carboxylic acids is 1. The van der Waals surface area contributed by atoms with Crippen LogP contribution in [0.1, 0.15) is 100 Å². The van der Waals surface area contributed by atoms with Crippen molar-refractivity contribution in [3.05, 3.63) is 23.3 Å². The van der Waals surface area contributed by atoms with Crippen LogP contribution in [0.2, 0.25) is 0 Å². The smallest absolute Gasteiger partial charge is 0.331 e. The van der Waals surface area contributed by atoms with Crippen LogP contribution in [-0.2, 0) is 14.4 Å². The molecule has 2 saturated carbocycles. The molecule has 8 heteroatoms. The predicted octanol–water partition coefficient (Wildman–Crippen LogP) is 6.03. The highest BCUT2D eigenvalue weighted by molar-refractivity contribution is 5.96. The number of carboxylic acid groups (broad SMARTS) is 1. The summed E-state index contributed by atoms with van der Waals surface area (Å²) in [7, 11) is 0. The van der Waals surface area contributed by atoms with E-state index in [0.29, 0.717) is 49.3 Å². The van der Waals surface area contributed by atoms with E-state index in [1.54, 1.807) is 0 Å². The van der Waals surface area contributed by atoms with Crippen LogP contribution in [0.4, 0.5) is 4.79 Å². The molecule has 234 valence electrons. The van der Waals surface area contributed by atoms with E-state index in [2.05, 4.69) is 25.2 Å². The highest BCUT2D eigenvalue weighted by Gasteiger charge is 2.62. The molecule has 4 aliphatic rings. The monoisotopic (exact) mass is 583 g/mol. The summed E-state index contributed by atoms with van der Waals surface area (Å²) >= 11 is 0. The van der Waals surface area contributed by atoms with Gasteiger partial charge in [-0.05, 0) is 126 Å². The SMILES string of the molecule is CCN(CC)C(=O)CC1CC(C(=O)O)=CC2=CC[C@H]3[C@@H]4CC[C@H](C(=O)N(C(=O)NC(C)C)C(C)C)[C@@]4(C)CC[C@@H]3[C@]21C. The molecule has 0 aliphatic heterocycles. The molecule has 0 heterocycles. The third-order valence-electron chi connectivity index (χ3n) is 11.6. The fourth-order valence-corrected chi connectivity index (χ4v) is 9.36. The molecule has 0 aromatic carbocycles. The summed E-state index contributed by atoms with van der Waals surface area (Å²) in [5.74, 6) is -0.129. The lowest BCUT2D eigenvalue weighted by Crippen LogP contribution is -2.56. The quantitative estimate of drug-likeness (QED) is 0.363. The number of nitrogens with zero attached hydrogens (tertiary/aromatic N) is 2. The van der Waals surface area contributed by atoms with Crippen LogP contribution in [0.3, 0.4) is 0 Å². The first-order valence-electron chi connectivity index (χ1n) is 16.3. The number of fused-ring (bicyclic) bond motifs is 5. The summed E-state index contributed by atoms with van der Waals surface area (Å²) in [5.41, 5.74) is 0.981. The second-order valence-electron chi connectivity index (χ2n) is 14.3. The average Bonchev–Trinajstić information content (AvgIpc) is 3.26. The van der Waals surface area contributed by atoms with Crippen molar-refractivity contribution < 1.29 is 24.3 Å². The molecule has 0 aromatic heterocycles. The maximum Gasteiger partial charge on any atom is 0.331 e. The number of hydrogen-bond donors (Lipinski definition) is 2. The average molecular weight is 584 g/mol. The van der Waals surface area contributed by atoms with Crippen LogP contribution in [0, 0.1) is 40.4 Å². The van der Waals surface area contributed by atoms with Gasteiger partial charge in [-0.1, -0.05) is 19.9 Å². The van der Waals surface area contributed by atoms with Gasteiger partial charge in [-0.25, -0.2) is 9.59 Å². The minimum atomic E-state index is -0.898. The predicted molar refractivity (Wildman–Crippen MR) is 163 cm³/mol. The molecule has 4 rings (SSSR count). The number of hydrogen-bond acceptors (Lipinski definition) is 4. The molecule has 1 unspecified atom stereocenters. The Morgan fingerprint density at radius 2 is 1.69 bits per heavy atom. The zero-order valence-corrected chi connectivity index (χ0v) is 27.0. The third-order valence-corrected chi connectivity index (χ3v) is 11.6. The van der Waals surface area contributed by atoms with Crippen LogP contribution >= 0.6 is 0 Å². The number of rotatable bonds is 8. The Balaban J connectivity index is 1.66. The van der Waals surface area contributed by atoms with Gasteiger partial charge in [-0.3, -0.25) is 14.5 Å². The minimum Gasteiger partial charge on any atom is -0.478 e. The lowest BCUT2D eigenvalue weighted by Gasteiger charge is -2.59. The summed E-state index contributed by atoms with van der Waals surface area (Å²) in [6, 6.07) is -0.589. The third kappa shape index (κ3) is 5.43. The Hall–Kier alpha value is -2.64. The number of urea groups is 1. The van der Waals surface area contributed by atoms with Crippen LogP contribution in [0.25, 0.3) is 0 Å². The van der Waals surface area contributed by atoms with Gasteiger partial charge < -0.3 is 15.3 Å². The van der Waals surface area contributed by atoms with E-state index in [1.807, 2.05) is 52.5 Å². The molecule has 2 N–H and O–H groups in total. The van der Waals surface area contributed by atoms with Crippen molar-refractivity contribution in [3.63, 3.8) is 0 Å². The van der Waals surface area contributed by atoms with Crippen molar-refractivity contribution in [1.29, 1.82) is 0 Å². The van der Waals surface area contributed by atoms with Crippen molar-refractivity contribution in [3.8, 4) is 0 Å². The van der Waals surface area contributed by atoms with Crippen molar-refractivity contribution in [2.45, 2.75) is 112 Å². The normalized spacial score (nSPS) is 33.6. The lowest BCUT2D eigenvalue weighted by atomic mass is 9.45. The van der Waals surface area contributed by atoms with Gasteiger partial charge in [-0.2, -0.15) is 0 Å². The van der Waals surface area contributed by atoms with Crippen LogP contribution in [-0.4, -0.2) is 63.9 Å². The molecular formula is C34H53N3O5. The van der Waals surface area contributed by atoms with E-state index in [9.17, 15) is 24.3 Å². The van der Waals surface area contributed by atoms with E-state index in [1.165, 1.54) is 4.90 Å². The Morgan fingerprint density at radius 3 is 2.26 bits per heavy atom. The first kappa shape index (κ1) is 32.3. The first-order chi connectivity index (χ1) is 19.7. The van der Waals surface area contributed by atoms with E-state index in [-0.39, 0.29) is 52.6 Å². The molecule has 8 nitrogen and oxygen atoms in total. The number of aliphatic carboxylic acids is 1. The lowest BCUT2D eigenvalue weighted by molar-refractivity contribution is -0.142. The number of nitrogens with one attached hydrogen (secondary N) is 1. The number of carbonyl (C=O) groups excluding carboxylic acids is 3. The van der Waals surface area contributed by atoms with Crippen molar-refractivity contribution in [2.75, 3.05) is 13.1 Å². The molecule has 7 atom stereocenters. The fraction of sp³-hybridized carbons (Fsp3) is 0.765. The Morgan fingerprint density at radius 1 is 1.02 bits per heavy atom. The van der Waals surface area contributed by atoms with Crippen LogP contribution in [0.5, 0.6) is 0 Å². The topological polar surface area (TPSA) is 107 Å². The van der Waals surface area contributed by atoms with Gasteiger partial charge in [-0.15, -0.1) is 0 Å². The molecule has 0 aromatic rings. The zero-order chi connectivity index (χ0) is 31.1. The van der Waals surface area contributed by atoms with Gasteiger partial charge in [0.2, 0.25) is 11.8 Å². The fourth-order valence-electron chi connectivity index (χ4n) is 9.36. The van der Waals surface area contributed by atoms with Gasteiger partial charge in [0.05, 0.1) is 0 Å². The highest BCUT2D eigenvalue weighted by Crippen LogP contribution is 2.67. The molecular weight excluding hydrogens is 530 g/mol. The summed E-state index contributed by atoms with van der Waals surface area (Å²) in [6.07, 6.45) is 9.29. The van der Waals surface area contributed by atoms with E-state index in [0.717, 1.165) is 37.7 Å². The highest BCUT2D eigenvalue weighted by atomic mass is 16.4. The van der Waals surface area contributed by atoms with Gasteiger partial charge in [0.25, 0.3) is 0 Å².